The van der Waals surface area contributed by atoms with Gasteiger partial charge in [0, 0.05) is 58.7 Å². The zero-order valence-electron chi connectivity index (χ0n) is 27.0. The minimum atomic E-state index is -0.104. The molecule has 46 heavy (non-hydrogen) atoms. The number of fused-ring (bicyclic) bond motifs is 11. The van der Waals surface area contributed by atoms with Crippen molar-refractivity contribution in [1.82, 2.24) is 19.7 Å². The summed E-state index contributed by atoms with van der Waals surface area (Å²) in [6.45, 7) is 11.4. The summed E-state index contributed by atoms with van der Waals surface area (Å²) in [5.74, 6) is 0. The van der Waals surface area contributed by atoms with Gasteiger partial charge in [0.1, 0.15) is 29.1 Å². The molecule has 228 valence electrons. The first-order chi connectivity index (χ1) is 22.3. The van der Waals surface area contributed by atoms with E-state index >= 15 is 0 Å². The van der Waals surface area contributed by atoms with E-state index in [2.05, 4.69) is 115 Å². The standard InChI is InChI=1S/C39H38N6O/c1-6-39(7-2)22-31(45-30(21-35(42-45)38(3,4)5)29-15-10-11-18-43(29)39)36-27-20-34-26(24-13-8-9-16-33(24)46-34)19-25(27)32-23-41-28-14-12-17-40-37(28)44(32)36/h8-21,23,31,36H,6-7,22H2,1-5H3/q+2. The van der Waals surface area contributed by atoms with Gasteiger partial charge in [-0.1, -0.05) is 52.8 Å². The number of hydrogen-bond acceptors (Lipinski definition) is 4. The van der Waals surface area contributed by atoms with Crippen LogP contribution in [0, 0.1) is 0 Å². The highest BCUT2D eigenvalue weighted by atomic mass is 16.3. The average Bonchev–Trinajstić information content (AvgIpc) is 3.75. The first-order valence-corrected chi connectivity index (χ1v) is 16.5. The quantitative estimate of drug-likeness (QED) is 0.191. The van der Waals surface area contributed by atoms with Crippen molar-refractivity contribution in [1.29, 1.82) is 0 Å². The van der Waals surface area contributed by atoms with E-state index in [9.17, 15) is 0 Å². The van der Waals surface area contributed by atoms with Gasteiger partial charge in [-0.15, -0.1) is 0 Å². The lowest BCUT2D eigenvalue weighted by atomic mass is 9.81. The molecule has 0 amide bonds. The molecule has 0 bridgehead atoms. The smallest absolute Gasteiger partial charge is 0.349 e. The van der Waals surface area contributed by atoms with Crippen LogP contribution >= 0.6 is 0 Å². The van der Waals surface area contributed by atoms with Gasteiger partial charge in [-0.2, -0.15) is 9.67 Å². The van der Waals surface area contributed by atoms with Gasteiger partial charge < -0.3 is 4.42 Å². The molecule has 0 saturated heterocycles. The highest BCUT2D eigenvalue weighted by Gasteiger charge is 2.52. The minimum absolute atomic E-state index is 0.00895. The van der Waals surface area contributed by atoms with Crippen LogP contribution in [0.4, 0.5) is 0 Å². The Labute approximate surface area is 268 Å². The number of nitrogens with zero attached hydrogens (tertiary/aromatic N) is 6. The van der Waals surface area contributed by atoms with Crippen LogP contribution in [0.2, 0.25) is 0 Å². The van der Waals surface area contributed by atoms with Gasteiger partial charge >= 0.3 is 5.65 Å². The van der Waals surface area contributed by atoms with Crippen molar-refractivity contribution in [2.45, 2.75) is 76.9 Å². The number of para-hydroxylation sites is 1. The molecular weight excluding hydrogens is 568 g/mol. The largest absolute Gasteiger partial charge is 0.456 e. The second-order valence-electron chi connectivity index (χ2n) is 14.1. The first kappa shape index (κ1) is 27.4. The summed E-state index contributed by atoms with van der Waals surface area (Å²) in [5, 5.41) is 7.75. The highest BCUT2D eigenvalue weighted by molar-refractivity contribution is 6.06. The molecule has 0 fully saturated rings. The van der Waals surface area contributed by atoms with Gasteiger partial charge in [0.15, 0.2) is 29.0 Å². The highest BCUT2D eigenvalue weighted by Crippen LogP contribution is 2.49. The normalized spacial score (nSPS) is 18.4. The fourth-order valence-electron chi connectivity index (χ4n) is 8.20. The van der Waals surface area contributed by atoms with E-state index < -0.39 is 0 Å². The second kappa shape index (κ2) is 9.55. The molecule has 7 nitrogen and oxygen atoms in total. The number of furan rings is 1. The molecule has 5 aromatic heterocycles. The molecule has 0 N–H and O–H groups in total. The fraction of sp³-hybridized carbons (Fsp3) is 0.308. The van der Waals surface area contributed by atoms with Gasteiger partial charge in [-0.3, -0.25) is 4.68 Å². The molecule has 2 aromatic carbocycles. The van der Waals surface area contributed by atoms with Crippen LogP contribution in [-0.4, -0.2) is 19.7 Å². The summed E-state index contributed by atoms with van der Waals surface area (Å²) in [5.41, 5.74) is 10.3. The number of pyridine rings is 2. The Balaban J connectivity index is 1.39. The van der Waals surface area contributed by atoms with Gasteiger partial charge in [-0.05, 0) is 47.4 Å². The summed E-state index contributed by atoms with van der Waals surface area (Å²) in [6, 6.07) is 25.8. The third kappa shape index (κ3) is 3.68. The SMILES string of the molecule is CCC1(CC)CC(C2c3cc4oc5ccccc5c4cc3-c3cnc4cccnc4[n+]32)n2nc(C(C)(C)C)cc2-c2cccc[n+]21. The second-order valence-corrected chi connectivity index (χ2v) is 14.1. The van der Waals surface area contributed by atoms with Gasteiger partial charge in [0.25, 0.3) is 0 Å². The van der Waals surface area contributed by atoms with Crippen LogP contribution in [0.3, 0.4) is 0 Å². The molecule has 0 saturated carbocycles. The van der Waals surface area contributed by atoms with E-state index in [1.165, 1.54) is 16.8 Å². The lowest BCUT2D eigenvalue weighted by Crippen LogP contribution is -2.57. The number of benzene rings is 2. The Morgan fingerprint density at radius 3 is 2.54 bits per heavy atom. The summed E-state index contributed by atoms with van der Waals surface area (Å²) < 4.78 is 13.8. The van der Waals surface area contributed by atoms with Crippen LogP contribution in [0.5, 0.6) is 0 Å². The first-order valence-electron chi connectivity index (χ1n) is 16.5. The van der Waals surface area contributed by atoms with Crippen LogP contribution in [0.25, 0.3) is 55.7 Å². The summed E-state index contributed by atoms with van der Waals surface area (Å²) in [4.78, 5) is 9.89. The third-order valence-electron chi connectivity index (χ3n) is 10.7. The lowest BCUT2D eigenvalue weighted by molar-refractivity contribution is -0.759. The molecule has 0 aliphatic carbocycles. The van der Waals surface area contributed by atoms with E-state index in [4.69, 9.17) is 19.5 Å². The van der Waals surface area contributed by atoms with Gasteiger partial charge in [0.05, 0.1) is 11.9 Å². The summed E-state index contributed by atoms with van der Waals surface area (Å²) in [7, 11) is 0. The van der Waals surface area contributed by atoms with Crippen LogP contribution in [0.1, 0.15) is 77.2 Å². The summed E-state index contributed by atoms with van der Waals surface area (Å²) >= 11 is 0. The van der Waals surface area contributed by atoms with E-state index in [0.717, 1.165) is 69.4 Å². The van der Waals surface area contributed by atoms with E-state index in [1.54, 1.807) is 0 Å². The molecule has 2 unspecified atom stereocenters. The summed E-state index contributed by atoms with van der Waals surface area (Å²) in [6.07, 6.45) is 9.12. The van der Waals surface area contributed by atoms with Crippen molar-refractivity contribution in [2.24, 2.45) is 0 Å². The van der Waals surface area contributed by atoms with E-state index in [0.29, 0.717) is 0 Å². The fourth-order valence-corrected chi connectivity index (χ4v) is 8.20. The molecule has 2 atom stereocenters. The zero-order valence-corrected chi connectivity index (χ0v) is 27.0. The van der Waals surface area contributed by atoms with Crippen molar-refractivity contribution in [3.63, 3.8) is 0 Å². The molecule has 7 heteroatoms. The third-order valence-corrected chi connectivity index (χ3v) is 10.7. The topological polar surface area (TPSA) is 64.5 Å². The minimum Gasteiger partial charge on any atom is -0.456 e. The molecule has 0 radical (unpaired) electrons. The Hall–Kier alpha value is -4.91. The Morgan fingerprint density at radius 2 is 1.72 bits per heavy atom. The van der Waals surface area contributed by atoms with Crippen LogP contribution < -0.4 is 9.13 Å². The van der Waals surface area contributed by atoms with E-state index in [-0.39, 0.29) is 23.0 Å². The maximum Gasteiger partial charge on any atom is 0.349 e. The van der Waals surface area contributed by atoms with Crippen LogP contribution in [-0.2, 0) is 11.0 Å². The Kier molecular flexibility index (Phi) is 5.69. The monoisotopic (exact) mass is 606 g/mol. The Morgan fingerprint density at radius 1 is 0.891 bits per heavy atom. The predicted molar refractivity (Wildman–Crippen MR) is 179 cm³/mol. The lowest BCUT2D eigenvalue weighted by Gasteiger charge is -2.31. The van der Waals surface area contributed by atoms with Crippen molar-refractivity contribution in [3.05, 3.63) is 103 Å². The van der Waals surface area contributed by atoms with Gasteiger partial charge in [-0.25, -0.2) is 9.55 Å². The van der Waals surface area contributed by atoms with Crippen LogP contribution in [0.15, 0.2) is 95.8 Å². The molecular formula is C39H38N6O+2. The van der Waals surface area contributed by atoms with E-state index in [1.807, 2.05) is 24.5 Å². The van der Waals surface area contributed by atoms with Crippen molar-refractivity contribution < 1.29 is 13.6 Å². The number of rotatable bonds is 3. The molecule has 2 aliphatic heterocycles. The van der Waals surface area contributed by atoms with Crippen molar-refractivity contribution >= 4 is 33.1 Å². The van der Waals surface area contributed by atoms with Crippen molar-refractivity contribution in [2.75, 3.05) is 0 Å². The number of aromatic nitrogens is 6. The zero-order chi connectivity index (χ0) is 31.4. The predicted octanol–water partition coefficient (Wildman–Crippen LogP) is 8.00. The van der Waals surface area contributed by atoms with Gasteiger partial charge in [0.2, 0.25) is 5.69 Å². The molecule has 9 rings (SSSR count). The molecule has 7 heterocycles. The maximum absolute atomic E-state index is 6.51. The average molecular weight is 607 g/mol. The maximum atomic E-state index is 6.51. The van der Waals surface area contributed by atoms with Crippen molar-refractivity contribution in [3.8, 4) is 22.6 Å². The molecule has 0 spiro atoms. The number of hydrogen-bond donors (Lipinski definition) is 0. The Bertz CT molecular complexity index is 2340. The molecule has 7 aromatic rings. The molecule has 2 aliphatic rings.